The summed E-state index contributed by atoms with van der Waals surface area (Å²) in [4.78, 5) is 16.8. The second-order valence-corrected chi connectivity index (χ2v) is 15.9. The van der Waals surface area contributed by atoms with Gasteiger partial charge in [-0.2, -0.15) is 0 Å². The minimum absolute atomic E-state index is 0. The largest absolute Gasteiger partial charge is 0.512 e. The van der Waals surface area contributed by atoms with E-state index in [2.05, 4.69) is 92.8 Å². The van der Waals surface area contributed by atoms with Gasteiger partial charge in [-0.3, -0.25) is 9.78 Å². The Hall–Kier alpha value is -2.85. The Morgan fingerprint density at radius 2 is 1.50 bits per heavy atom. The number of rotatable bonds is 8. The third-order valence-corrected chi connectivity index (χ3v) is 12.2. The fraction of sp³-hybridized carbons (Fsp3) is 0.351. The summed E-state index contributed by atoms with van der Waals surface area (Å²) in [6.45, 7) is 15.1. The average molecular weight is 755 g/mol. The summed E-state index contributed by atoms with van der Waals surface area (Å²) < 4.78 is 0. The molecule has 0 unspecified atom stereocenters. The molecular formula is C37H44IrNO2Si-. The van der Waals surface area contributed by atoms with Crippen LogP contribution in [0.25, 0.3) is 33.3 Å². The topological polar surface area (TPSA) is 50.2 Å². The van der Waals surface area contributed by atoms with Crippen LogP contribution >= 0.6 is 0 Å². The fourth-order valence-electron chi connectivity index (χ4n) is 6.20. The average Bonchev–Trinajstić information content (AvgIpc) is 3.21. The number of nitrogens with zero attached hydrogens (tertiary/aromatic N) is 1. The molecule has 0 bridgehead atoms. The number of fused-ring (bicyclic) bond motifs is 5. The smallest absolute Gasteiger partial charge is 0.162 e. The van der Waals surface area contributed by atoms with E-state index in [1.807, 2.05) is 27.7 Å². The number of aromatic nitrogens is 1. The number of carbonyl (C=O) groups is 1. The third kappa shape index (κ3) is 6.69. The Balaban J connectivity index is 0.000000263. The molecule has 1 aliphatic heterocycles. The van der Waals surface area contributed by atoms with E-state index in [0.29, 0.717) is 0 Å². The van der Waals surface area contributed by atoms with E-state index in [0.717, 1.165) is 48.0 Å². The number of aliphatic hydroxyl groups excluding tert-OH is 1. The van der Waals surface area contributed by atoms with Crippen LogP contribution in [0, 0.1) is 24.8 Å². The van der Waals surface area contributed by atoms with Gasteiger partial charge >= 0.3 is 0 Å². The maximum absolute atomic E-state index is 11.7. The molecule has 0 saturated carbocycles. The van der Waals surface area contributed by atoms with E-state index in [1.165, 1.54) is 33.0 Å². The van der Waals surface area contributed by atoms with Gasteiger partial charge in [-0.15, -0.1) is 35.4 Å². The van der Waals surface area contributed by atoms with Gasteiger partial charge in [0, 0.05) is 38.0 Å². The molecule has 0 saturated heterocycles. The van der Waals surface area contributed by atoms with Crippen LogP contribution in [-0.2, 0) is 24.9 Å². The Labute approximate surface area is 266 Å². The van der Waals surface area contributed by atoms with Gasteiger partial charge in [0.25, 0.3) is 0 Å². The number of para-hydroxylation sites is 1. The minimum atomic E-state index is -1.78. The second kappa shape index (κ2) is 14.6. The Morgan fingerprint density at radius 3 is 2.14 bits per heavy atom. The van der Waals surface area contributed by atoms with Crippen molar-refractivity contribution < 1.29 is 30.0 Å². The number of aryl methyl sites for hydroxylation is 1. The van der Waals surface area contributed by atoms with Gasteiger partial charge < -0.3 is 5.11 Å². The molecule has 0 fully saturated rings. The fourth-order valence-corrected chi connectivity index (χ4v) is 9.63. The number of ketones is 1. The van der Waals surface area contributed by atoms with Crippen molar-refractivity contribution in [2.45, 2.75) is 73.4 Å². The standard InChI is InChI=1S/C24H20NSi.C13H24O2.Ir/c1-16-9-8-10-17(15-16)23-22-19-12-5-7-14-21(19)26(2,3)24(22)18-11-4-6-13-20(18)25-23;1-5-10(6-2)12(14)9-13(15)11(7-3)8-4;/h4-14H,1-3H3;9-11,14H,5-8H2,1-4H3;/q-1;;/b;12-9-;. The molecule has 0 atom stereocenters. The van der Waals surface area contributed by atoms with E-state index in [4.69, 9.17) is 4.98 Å². The van der Waals surface area contributed by atoms with Gasteiger partial charge in [0.15, 0.2) is 5.78 Å². The normalized spacial score (nSPS) is 13.3. The molecule has 5 rings (SSSR count). The van der Waals surface area contributed by atoms with Gasteiger partial charge in [-0.25, -0.2) is 0 Å². The first-order valence-corrected chi connectivity index (χ1v) is 18.1. The van der Waals surface area contributed by atoms with Crippen molar-refractivity contribution in [1.82, 2.24) is 4.98 Å². The number of benzene rings is 3. The maximum Gasteiger partial charge on any atom is 0.162 e. The Morgan fingerprint density at radius 1 is 0.881 bits per heavy atom. The van der Waals surface area contributed by atoms with Crippen LogP contribution < -0.4 is 10.4 Å². The monoisotopic (exact) mass is 755 g/mol. The third-order valence-electron chi connectivity index (χ3n) is 8.67. The van der Waals surface area contributed by atoms with Gasteiger partial charge in [0.05, 0.1) is 11.3 Å². The van der Waals surface area contributed by atoms with Crippen LogP contribution in [0.5, 0.6) is 0 Å². The van der Waals surface area contributed by atoms with Crippen molar-refractivity contribution >= 4 is 35.1 Å². The van der Waals surface area contributed by atoms with Crippen molar-refractivity contribution in [3.8, 4) is 22.4 Å². The summed E-state index contributed by atoms with van der Waals surface area (Å²) in [7, 11) is -1.78. The molecule has 1 aromatic heterocycles. The number of pyridine rings is 1. The summed E-state index contributed by atoms with van der Waals surface area (Å²) in [5.74, 6) is 0.547. The van der Waals surface area contributed by atoms with Crippen molar-refractivity contribution in [2.24, 2.45) is 11.8 Å². The zero-order chi connectivity index (χ0) is 29.7. The molecular weight excluding hydrogens is 711 g/mol. The van der Waals surface area contributed by atoms with E-state index in [-0.39, 0.29) is 43.5 Å². The number of allylic oxidation sites excluding steroid dienone is 2. The number of hydrogen-bond acceptors (Lipinski definition) is 3. The first-order chi connectivity index (χ1) is 19.7. The van der Waals surface area contributed by atoms with Crippen LogP contribution in [0.1, 0.15) is 58.9 Å². The molecule has 3 aromatic carbocycles. The summed E-state index contributed by atoms with van der Waals surface area (Å²) in [5.41, 5.74) is 7.10. The number of aliphatic hydroxyl groups is 1. The molecule has 1 N–H and O–H groups in total. The molecule has 0 spiro atoms. The molecule has 5 heteroatoms. The summed E-state index contributed by atoms with van der Waals surface area (Å²) >= 11 is 0. The van der Waals surface area contributed by atoms with E-state index < -0.39 is 8.07 Å². The predicted molar refractivity (Wildman–Crippen MR) is 177 cm³/mol. The molecule has 3 nitrogen and oxygen atoms in total. The van der Waals surface area contributed by atoms with Crippen molar-refractivity contribution in [2.75, 3.05) is 0 Å². The van der Waals surface area contributed by atoms with Crippen LogP contribution in [0.4, 0.5) is 0 Å². The van der Waals surface area contributed by atoms with Crippen molar-refractivity contribution in [3.05, 3.63) is 90.2 Å². The molecule has 0 amide bonds. The molecule has 42 heavy (non-hydrogen) atoms. The molecule has 1 radical (unpaired) electrons. The molecule has 0 aliphatic carbocycles. The minimum Gasteiger partial charge on any atom is -0.512 e. The van der Waals surface area contributed by atoms with Gasteiger partial charge in [0.2, 0.25) is 0 Å². The zero-order valence-corrected chi connectivity index (χ0v) is 29.4. The molecule has 223 valence electrons. The Kier molecular flexibility index (Phi) is 11.7. The predicted octanol–water partition coefficient (Wildman–Crippen LogP) is 8.68. The maximum atomic E-state index is 11.7. The van der Waals surface area contributed by atoms with Gasteiger partial charge in [-0.05, 0) is 64.3 Å². The number of carbonyl (C=O) groups excluding carboxylic acids is 1. The molecule has 1 aliphatic rings. The van der Waals surface area contributed by atoms with Crippen LogP contribution in [0.2, 0.25) is 13.1 Å². The van der Waals surface area contributed by atoms with Gasteiger partial charge in [0.1, 0.15) is 8.07 Å². The van der Waals surface area contributed by atoms with Crippen LogP contribution in [-0.4, -0.2) is 23.9 Å². The number of hydrogen-bond donors (Lipinski definition) is 1. The second-order valence-electron chi connectivity index (χ2n) is 11.6. The van der Waals surface area contributed by atoms with Crippen molar-refractivity contribution in [3.63, 3.8) is 0 Å². The summed E-state index contributed by atoms with van der Waals surface area (Å²) in [6, 6.07) is 27.4. The van der Waals surface area contributed by atoms with Crippen LogP contribution in [0.3, 0.4) is 0 Å². The first kappa shape index (κ1) is 33.6. The summed E-state index contributed by atoms with van der Waals surface area (Å²) in [6.07, 6.45) is 4.91. The van der Waals surface area contributed by atoms with Crippen molar-refractivity contribution in [1.29, 1.82) is 0 Å². The molecule has 4 aromatic rings. The quantitative estimate of drug-likeness (QED) is 0.0849. The van der Waals surface area contributed by atoms with Crippen LogP contribution in [0.15, 0.2) is 78.6 Å². The SMILES string of the molecule is CCC(CC)C(=O)/C=C(\O)C(CC)CC.Cc1[c-]c(-c2nc3ccccc3c3c2-c2ccccc2[Si]3(C)C)ccc1.[Ir]. The van der Waals surface area contributed by atoms with E-state index in [1.54, 1.807) is 0 Å². The van der Waals surface area contributed by atoms with Gasteiger partial charge in [-0.1, -0.05) is 90.2 Å². The zero-order valence-electron chi connectivity index (χ0n) is 26.0. The van der Waals surface area contributed by atoms with E-state index >= 15 is 0 Å². The summed E-state index contributed by atoms with van der Waals surface area (Å²) in [5, 5.41) is 14.1. The van der Waals surface area contributed by atoms with E-state index in [9.17, 15) is 9.90 Å². The first-order valence-electron chi connectivity index (χ1n) is 15.1. The Bertz CT molecular complexity index is 1570. The molecule has 2 heterocycles.